The van der Waals surface area contributed by atoms with E-state index in [0.717, 1.165) is 77.0 Å². The normalized spacial score (nSPS) is 28.1. The van der Waals surface area contributed by atoms with Crippen molar-refractivity contribution in [3.63, 3.8) is 0 Å². The third-order valence-electron chi connectivity index (χ3n) is 11.9. The second kappa shape index (κ2) is 33.7. The molecule has 14 N–H and O–H groups in total. The van der Waals surface area contributed by atoms with Gasteiger partial charge in [0.15, 0.2) is 12.6 Å². The van der Waals surface area contributed by atoms with Gasteiger partial charge in [-0.15, -0.1) is 0 Å². The number of hydrogen-bond acceptors (Lipinski definition) is 18. The molecule has 0 radical (unpaired) electrons. The molecule has 2 fully saturated rings. The SMILES string of the molecule is CCCCCCCCCCC[C@@H](O)CC(=O)NC1C(O)[C@H](O)C(CO[C@@H]2O[C@H](CO)[C@@H](OP(=O)(O)O)C(O)C2NC(=O)C[C@H](O)CCCCCCCCCCC)O[C@@H]1OP(=O)(O)OP(=O)(O)CCN. The quantitative estimate of drug-likeness (QED) is 0.0312. The van der Waals surface area contributed by atoms with Crippen LogP contribution in [0.4, 0.5) is 0 Å². The summed E-state index contributed by atoms with van der Waals surface area (Å²) in [6.07, 6.45) is -0.846. The van der Waals surface area contributed by atoms with Crippen molar-refractivity contribution in [1.82, 2.24) is 10.6 Å². The summed E-state index contributed by atoms with van der Waals surface area (Å²) in [6, 6.07) is -3.65. The van der Waals surface area contributed by atoms with Gasteiger partial charge in [0.25, 0.3) is 0 Å². The summed E-state index contributed by atoms with van der Waals surface area (Å²) in [4.78, 5) is 66.1. The fraction of sp³-hybridized carbons (Fsp3) is 0.952. The van der Waals surface area contributed by atoms with Crippen LogP contribution in [-0.4, -0.2) is 161 Å². The molecule has 2 amide bonds. The molecule has 2 aliphatic heterocycles. The maximum absolute atomic E-state index is 13.2. The summed E-state index contributed by atoms with van der Waals surface area (Å²) in [6.45, 7) is 1.92. The lowest BCUT2D eigenvalue weighted by Gasteiger charge is -2.45. The summed E-state index contributed by atoms with van der Waals surface area (Å²) in [7, 11) is -15.9. The number of carbonyl (C=O) groups excluding carboxylic acids is 2. The van der Waals surface area contributed by atoms with Gasteiger partial charge >= 0.3 is 23.2 Å². The molecule has 0 spiro atoms. The second-order valence-electron chi connectivity index (χ2n) is 18.1. The van der Waals surface area contributed by atoms with E-state index in [1.165, 1.54) is 25.7 Å². The first kappa shape index (κ1) is 64.1. The largest absolute Gasteiger partial charge is 0.481 e. The van der Waals surface area contributed by atoms with Crippen molar-refractivity contribution in [1.29, 1.82) is 0 Å². The second-order valence-corrected chi connectivity index (χ2v) is 22.8. The minimum Gasteiger partial charge on any atom is -0.394 e. The number of hydrogen-bond donors (Lipinski definition) is 13. The Balaban J connectivity index is 2.22. The van der Waals surface area contributed by atoms with Crippen LogP contribution < -0.4 is 16.4 Å². The predicted molar refractivity (Wildman–Crippen MR) is 250 cm³/mol. The first-order valence-electron chi connectivity index (χ1n) is 24.6. The highest BCUT2D eigenvalue weighted by atomic mass is 31.3. The zero-order valence-corrected chi connectivity index (χ0v) is 42.9. The number of aliphatic hydroxyl groups is 6. The average molecular weight is 1060 g/mol. The van der Waals surface area contributed by atoms with Gasteiger partial charge in [-0.25, -0.2) is 13.4 Å². The maximum atomic E-state index is 13.2. The summed E-state index contributed by atoms with van der Waals surface area (Å²) in [5.74, 6) is -1.77. The molecule has 0 saturated carbocycles. The number of carbonyl (C=O) groups is 2. The highest BCUT2D eigenvalue weighted by molar-refractivity contribution is 7.64. The Bertz CT molecular complexity index is 1590. The monoisotopic (exact) mass is 1060 g/mol. The van der Waals surface area contributed by atoms with Gasteiger partial charge in [-0.1, -0.05) is 129 Å². The third-order valence-corrected chi connectivity index (χ3v) is 15.6. The number of ether oxygens (including phenoxy) is 3. The summed E-state index contributed by atoms with van der Waals surface area (Å²) in [5.41, 5.74) is 5.31. The van der Waals surface area contributed by atoms with Crippen molar-refractivity contribution < 1.29 is 101 Å². The molecular weight excluding hydrogens is 975 g/mol. The van der Waals surface area contributed by atoms with Gasteiger partial charge in [-0.05, 0) is 12.8 Å². The Morgan fingerprint density at radius 2 is 1.06 bits per heavy atom. The summed E-state index contributed by atoms with van der Waals surface area (Å²) in [5, 5.41) is 69.9. The first-order valence-corrected chi connectivity index (χ1v) is 29.4. The molecule has 14 atom stereocenters. The minimum atomic E-state index is -5.63. The average Bonchev–Trinajstić information content (AvgIpc) is 3.25. The van der Waals surface area contributed by atoms with Crippen molar-refractivity contribution >= 4 is 35.1 Å². The third kappa shape index (κ3) is 26.1. The van der Waals surface area contributed by atoms with E-state index in [4.69, 9.17) is 29.0 Å². The number of amides is 2. The number of nitrogens with two attached hydrogens (primary N) is 1. The van der Waals surface area contributed by atoms with Crippen molar-refractivity contribution in [3.8, 4) is 0 Å². The number of phosphoric acid groups is 2. The van der Waals surface area contributed by atoms with E-state index < -0.39 is 147 Å². The molecule has 2 rings (SSSR count). The molecule has 0 aromatic rings. The molecule has 0 aliphatic carbocycles. The smallest absolute Gasteiger partial charge is 0.394 e. The zero-order valence-electron chi connectivity index (χ0n) is 40.2. The first-order chi connectivity index (χ1) is 32.6. The molecule has 2 saturated heterocycles. The molecule has 24 nitrogen and oxygen atoms in total. The van der Waals surface area contributed by atoms with Gasteiger partial charge < -0.3 is 80.8 Å². The van der Waals surface area contributed by atoms with Crippen LogP contribution in [0.2, 0.25) is 0 Å². The van der Waals surface area contributed by atoms with Gasteiger partial charge in [-0.2, -0.15) is 0 Å². The van der Waals surface area contributed by atoms with Crippen molar-refractivity contribution in [2.45, 2.75) is 229 Å². The van der Waals surface area contributed by atoms with Crippen molar-refractivity contribution in [3.05, 3.63) is 0 Å². The van der Waals surface area contributed by atoms with Gasteiger partial charge in [0.2, 0.25) is 11.8 Å². The standard InChI is InChI=1S/C42H84N3O21P3/c1-3-5-7-9-11-13-15-17-19-21-29(47)25-33(49)44-35-38(52)37(51)32(63-42(35)65-69(59,60)66-67(54,55)24-23-43)28-61-41-36(39(53)40(31(27-46)62-41)64-68(56,57)58)45-34(50)26-30(48)22-20-18-16-14-12-10-8-6-4-2/h29-32,35-42,46-48,51-53H,3-28,43H2,1-2H3,(H,44,49)(H,45,50)(H,54,55)(H,59,60)(H2,56,57,58)/t29-,30-,31-,32?,35?,36?,37-,38?,39?,40-,41-,42-/m1/s1. The van der Waals surface area contributed by atoms with Gasteiger partial charge in [0.1, 0.15) is 48.7 Å². The fourth-order valence-electron chi connectivity index (χ4n) is 8.17. The Hall–Kier alpha value is -1.05. The summed E-state index contributed by atoms with van der Waals surface area (Å²) < 4.78 is 68.7. The highest BCUT2D eigenvalue weighted by Crippen LogP contribution is 2.60. The maximum Gasteiger partial charge on any atom is 0.481 e. The van der Waals surface area contributed by atoms with Gasteiger partial charge in [0, 0.05) is 6.54 Å². The molecule has 2 aliphatic rings. The fourth-order valence-corrected chi connectivity index (χ4v) is 11.3. The van der Waals surface area contributed by atoms with Gasteiger partial charge in [0.05, 0.1) is 44.4 Å². The van der Waals surface area contributed by atoms with E-state index in [1.807, 2.05) is 0 Å². The number of rotatable bonds is 38. The van der Waals surface area contributed by atoms with Gasteiger partial charge in [-0.3, -0.25) is 23.2 Å². The molecule has 0 aromatic carbocycles. The van der Waals surface area contributed by atoms with Crippen LogP contribution in [0.25, 0.3) is 0 Å². The lowest BCUT2D eigenvalue weighted by Crippen LogP contribution is -2.67. The van der Waals surface area contributed by atoms with E-state index in [0.29, 0.717) is 12.8 Å². The zero-order chi connectivity index (χ0) is 51.6. The van der Waals surface area contributed by atoms with Crippen LogP contribution in [0, 0.1) is 0 Å². The summed E-state index contributed by atoms with van der Waals surface area (Å²) >= 11 is 0. The Labute approximate surface area is 406 Å². The molecule has 0 bridgehead atoms. The molecule has 408 valence electrons. The van der Waals surface area contributed by atoms with Crippen LogP contribution in [0.15, 0.2) is 0 Å². The number of phosphoric ester groups is 2. The van der Waals surface area contributed by atoms with Crippen LogP contribution in [0.5, 0.6) is 0 Å². The minimum absolute atomic E-state index is 0.254. The highest BCUT2D eigenvalue weighted by Gasteiger charge is 2.52. The molecule has 7 unspecified atom stereocenters. The Morgan fingerprint density at radius 3 is 1.49 bits per heavy atom. The number of unbranched alkanes of at least 4 members (excludes halogenated alkanes) is 16. The molecule has 69 heavy (non-hydrogen) atoms. The molecule has 27 heteroatoms. The van der Waals surface area contributed by atoms with E-state index in [-0.39, 0.29) is 12.8 Å². The lowest BCUT2D eigenvalue weighted by atomic mass is 9.95. The Kier molecular flexibility index (Phi) is 31.3. The van der Waals surface area contributed by atoms with Crippen molar-refractivity contribution in [2.75, 3.05) is 25.9 Å². The van der Waals surface area contributed by atoms with E-state index in [9.17, 15) is 73.5 Å². The van der Waals surface area contributed by atoms with Crippen LogP contribution >= 0.6 is 23.2 Å². The molecular formula is C42H84N3O21P3. The van der Waals surface area contributed by atoms with Crippen molar-refractivity contribution in [2.24, 2.45) is 5.73 Å². The van der Waals surface area contributed by atoms with Crippen LogP contribution in [-0.2, 0) is 50.9 Å². The lowest BCUT2D eigenvalue weighted by molar-refractivity contribution is -0.294. The number of nitrogens with one attached hydrogen (secondary N) is 2. The molecule has 0 aromatic heterocycles. The van der Waals surface area contributed by atoms with Crippen LogP contribution in [0.3, 0.4) is 0 Å². The van der Waals surface area contributed by atoms with Crippen LogP contribution in [0.1, 0.15) is 155 Å². The number of aliphatic hydroxyl groups excluding tert-OH is 6. The topological polar surface area (TPSA) is 393 Å². The molecule has 2 heterocycles. The van der Waals surface area contributed by atoms with E-state index in [2.05, 4.69) is 28.8 Å². The van der Waals surface area contributed by atoms with E-state index in [1.54, 1.807) is 0 Å². The van der Waals surface area contributed by atoms with E-state index >= 15 is 0 Å². The predicted octanol–water partition coefficient (Wildman–Crippen LogP) is 2.60. The Morgan fingerprint density at radius 1 is 0.623 bits per heavy atom.